The Morgan fingerprint density at radius 3 is 2.19 bits per heavy atom. The number of nitrogens with zero attached hydrogens (tertiary/aromatic N) is 2. The summed E-state index contributed by atoms with van der Waals surface area (Å²) in [7, 11) is 0. The van der Waals surface area contributed by atoms with Gasteiger partial charge in [-0.05, 0) is 17.2 Å². The smallest absolute Gasteiger partial charge is 0.416 e. The first kappa shape index (κ1) is 20.9. The molecule has 1 amide bonds. The highest BCUT2D eigenvalue weighted by Crippen LogP contribution is 2.32. The van der Waals surface area contributed by atoms with E-state index in [0.717, 1.165) is 29.5 Å². The van der Waals surface area contributed by atoms with Crippen molar-refractivity contribution in [3.63, 3.8) is 0 Å². The Kier molecular flexibility index (Phi) is 5.93. The molecule has 1 aromatic heterocycles. The van der Waals surface area contributed by atoms with E-state index in [2.05, 4.69) is 4.98 Å². The molecule has 1 fully saturated rings. The first-order valence-electron chi connectivity index (χ1n) is 10.0. The van der Waals surface area contributed by atoms with Crippen molar-refractivity contribution >= 4 is 5.91 Å². The molecule has 4 nitrogen and oxygen atoms in total. The van der Waals surface area contributed by atoms with Gasteiger partial charge in [-0.3, -0.25) is 4.79 Å². The molecule has 3 aromatic rings. The third-order valence-corrected chi connectivity index (χ3v) is 5.32. The highest BCUT2D eigenvalue weighted by molar-refractivity contribution is 5.87. The minimum absolute atomic E-state index is 0.0551. The Labute approximate surface area is 178 Å². The van der Waals surface area contributed by atoms with Crippen LogP contribution < -0.4 is 4.74 Å². The number of carbonyl (C=O) groups is 1. The predicted octanol–water partition coefficient (Wildman–Crippen LogP) is 4.91. The van der Waals surface area contributed by atoms with Crippen molar-refractivity contribution < 1.29 is 22.7 Å². The van der Waals surface area contributed by atoms with Crippen LogP contribution in [0, 0.1) is 0 Å². The summed E-state index contributed by atoms with van der Waals surface area (Å²) in [6, 6.07) is 20.9. The van der Waals surface area contributed by atoms with E-state index in [4.69, 9.17) is 4.74 Å². The summed E-state index contributed by atoms with van der Waals surface area (Å²) in [5, 5.41) is 0. The molecule has 160 valence electrons. The van der Waals surface area contributed by atoms with E-state index in [-0.39, 0.29) is 11.8 Å². The maximum atomic E-state index is 13.4. The highest BCUT2D eigenvalue weighted by Gasteiger charge is 2.34. The molecule has 0 aliphatic carbocycles. The zero-order valence-corrected chi connectivity index (χ0v) is 16.6. The van der Waals surface area contributed by atoms with Crippen LogP contribution in [0.15, 0.2) is 79.0 Å². The molecule has 1 aliphatic rings. The normalized spacial score (nSPS) is 16.5. The van der Waals surface area contributed by atoms with Crippen LogP contribution in [0.1, 0.15) is 29.0 Å². The molecular weight excluding hydrogens is 405 g/mol. The minimum atomic E-state index is -4.46. The molecule has 7 heteroatoms. The van der Waals surface area contributed by atoms with Crippen LogP contribution in [0.4, 0.5) is 13.2 Å². The van der Waals surface area contributed by atoms with Gasteiger partial charge in [0.25, 0.3) is 0 Å². The van der Waals surface area contributed by atoms with Crippen molar-refractivity contribution in [3.05, 3.63) is 95.7 Å². The lowest BCUT2D eigenvalue weighted by atomic mass is 9.90. The largest absolute Gasteiger partial charge is 0.472 e. The van der Waals surface area contributed by atoms with E-state index >= 15 is 0 Å². The van der Waals surface area contributed by atoms with E-state index in [1.165, 1.54) is 0 Å². The lowest BCUT2D eigenvalue weighted by Crippen LogP contribution is -2.35. The zero-order chi connectivity index (χ0) is 21.8. The van der Waals surface area contributed by atoms with Crippen LogP contribution in [0.5, 0.6) is 5.88 Å². The quantitative estimate of drug-likeness (QED) is 0.582. The Morgan fingerprint density at radius 1 is 1.00 bits per heavy atom. The molecule has 1 unspecified atom stereocenters. The standard InChI is InChI=1S/C24H21F3N2O2/c25-24(26,27)19-11-13-28-21(15-19)31-20-12-14-29(16-20)23(30)22(17-7-3-1-4-8-17)18-9-5-2-6-10-18/h1-11,13,15,20,22H,12,14,16H2. The molecule has 0 saturated carbocycles. The number of halogens is 3. The van der Waals surface area contributed by atoms with E-state index in [1.807, 2.05) is 60.7 Å². The maximum Gasteiger partial charge on any atom is 0.416 e. The Hall–Kier alpha value is -3.35. The van der Waals surface area contributed by atoms with Crippen molar-refractivity contribution in [1.29, 1.82) is 0 Å². The molecule has 0 N–H and O–H groups in total. The second-order valence-corrected chi connectivity index (χ2v) is 7.45. The highest BCUT2D eigenvalue weighted by atomic mass is 19.4. The van der Waals surface area contributed by atoms with Crippen LogP contribution in [-0.2, 0) is 11.0 Å². The van der Waals surface area contributed by atoms with Gasteiger partial charge < -0.3 is 9.64 Å². The monoisotopic (exact) mass is 426 g/mol. The van der Waals surface area contributed by atoms with Gasteiger partial charge in [-0.1, -0.05) is 60.7 Å². The average molecular weight is 426 g/mol. The summed E-state index contributed by atoms with van der Waals surface area (Å²) in [5.41, 5.74) is 0.974. The van der Waals surface area contributed by atoms with Gasteiger partial charge in [0.2, 0.25) is 11.8 Å². The van der Waals surface area contributed by atoms with Gasteiger partial charge in [0.1, 0.15) is 6.10 Å². The first-order valence-corrected chi connectivity index (χ1v) is 10.0. The fourth-order valence-electron chi connectivity index (χ4n) is 3.80. The van der Waals surface area contributed by atoms with E-state index < -0.39 is 23.8 Å². The van der Waals surface area contributed by atoms with Gasteiger partial charge in [-0.25, -0.2) is 4.98 Å². The Bertz CT molecular complexity index is 986. The first-order chi connectivity index (χ1) is 14.9. The Balaban J connectivity index is 1.49. The summed E-state index contributed by atoms with van der Waals surface area (Å²) < 4.78 is 44.5. The number of carbonyl (C=O) groups excluding carboxylic acids is 1. The summed E-state index contributed by atoms with van der Waals surface area (Å²) in [6.45, 7) is 0.769. The number of amides is 1. The number of alkyl halides is 3. The molecule has 2 heterocycles. The summed E-state index contributed by atoms with van der Waals surface area (Å²) in [5.74, 6) is -0.592. The minimum Gasteiger partial charge on any atom is -0.472 e. The molecule has 4 rings (SSSR count). The van der Waals surface area contributed by atoms with E-state index in [0.29, 0.717) is 19.5 Å². The number of aromatic nitrogens is 1. The van der Waals surface area contributed by atoms with Crippen LogP contribution in [0.3, 0.4) is 0 Å². The van der Waals surface area contributed by atoms with Crippen LogP contribution in [-0.4, -0.2) is 35.0 Å². The molecule has 0 bridgehead atoms. The van der Waals surface area contributed by atoms with E-state index in [1.54, 1.807) is 4.90 Å². The number of benzene rings is 2. The van der Waals surface area contributed by atoms with Crippen LogP contribution >= 0.6 is 0 Å². The van der Waals surface area contributed by atoms with Gasteiger partial charge in [-0.15, -0.1) is 0 Å². The maximum absolute atomic E-state index is 13.4. The van der Waals surface area contributed by atoms with Gasteiger partial charge in [0, 0.05) is 25.2 Å². The molecule has 1 aliphatic heterocycles. The predicted molar refractivity (Wildman–Crippen MR) is 110 cm³/mol. The van der Waals surface area contributed by atoms with Gasteiger partial charge >= 0.3 is 6.18 Å². The molecule has 1 atom stereocenters. The van der Waals surface area contributed by atoms with Crippen LogP contribution in [0.25, 0.3) is 0 Å². The third kappa shape index (κ3) is 4.87. The number of rotatable bonds is 5. The van der Waals surface area contributed by atoms with Gasteiger partial charge in [0.05, 0.1) is 18.0 Å². The van der Waals surface area contributed by atoms with Crippen molar-refractivity contribution in [2.75, 3.05) is 13.1 Å². The van der Waals surface area contributed by atoms with Crippen LogP contribution in [0.2, 0.25) is 0 Å². The number of hydrogen-bond acceptors (Lipinski definition) is 3. The van der Waals surface area contributed by atoms with Crippen molar-refractivity contribution in [2.24, 2.45) is 0 Å². The fourth-order valence-corrected chi connectivity index (χ4v) is 3.80. The summed E-state index contributed by atoms with van der Waals surface area (Å²) >= 11 is 0. The lowest BCUT2D eigenvalue weighted by Gasteiger charge is -2.24. The number of ether oxygens (including phenoxy) is 1. The lowest BCUT2D eigenvalue weighted by molar-refractivity contribution is -0.137. The number of hydrogen-bond donors (Lipinski definition) is 0. The molecule has 31 heavy (non-hydrogen) atoms. The topological polar surface area (TPSA) is 42.4 Å². The third-order valence-electron chi connectivity index (χ3n) is 5.32. The number of pyridine rings is 1. The van der Waals surface area contributed by atoms with Crippen molar-refractivity contribution in [2.45, 2.75) is 24.6 Å². The van der Waals surface area contributed by atoms with Gasteiger partial charge in [-0.2, -0.15) is 13.2 Å². The zero-order valence-electron chi connectivity index (χ0n) is 16.6. The van der Waals surface area contributed by atoms with Crippen molar-refractivity contribution in [3.8, 4) is 5.88 Å². The summed E-state index contributed by atoms with van der Waals surface area (Å²) in [4.78, 5) is 19.0. The average Bonchev–Trinajstić information content (AvgIpc) is 3.23. The molecule has 1 saturated heterocycles. The fraction of sp³-hybridized carbons (Fsp3) is 0.250. The van der Waals surface area contributed by atoms with Crippen molar-refractivity contribution in [1.82, 2.24) is 9.88 Å². The molecule has 0 radical (unpaired) electrons. The number of likely N-dealkylation sites (tertiary alicyclic amines) is 1. The SMILES string of the molecule is O=C(C(c1ccccc1)c1ccccc1)N1CCC(Oc2cc(C(F)(F)F)ccn2)C1. The van der Waals surface area contributed by atoms with Gasteiger partial charge in [0.15, 0.2) is 0 Å². The Morgan fingerprint density at radius 2 is 1.61 bits per heavy atom. The second-order valence-electron chi connectivity index (χ2n) is 7.45. The summed E-state index contributed by atoms with van der Waals surface area (Å²) in [6.07, 6.45) is -3.26. The molecule has 2 aromatic carbocycles. The molecular formula is C24H21F3N2O2. The van der Waals surface area contributed by atoms with E-state index in [9.17, 15) is 18.0 Å². The second kappa shape index (κ2) is 8.79. The molecule has 0 spiro atoms.